The van der Waals surface area contributed by atoms with E-state index in [2.05, 4.69) is 217 Å². The zero-order valence-electron chi connectivity index (χ0n) is 29.6. The van der Waals surface area contributed by atoms with Crippen molar-refractivity contribution in [1.82, 2.24) is 0 Å². The summed E-state index contributed by atoms with van der Waals surface area (Å²) in [4.78, 5) is 2.41. The van der Waals surface area contributed by atoms with E-state index in [4.69, 9.17) is 0 Å². The first kappa shape index (κ1) is 32.0. The molecule has 1 nitrogen and oxygen atoms in total. The van der Waals surface area contributed by atoms with E-state index < -0.39 is 0 Å². The van der Waals surface area contributed by atoms with Gasteiger partial charge in [-0.1, -0.05) is 170 Å². The van der Waals surface area contributed by atoms with Crippen molar-refractivity contribution >= 4 is 59.3 Å². The highest BCUT2D eigenvalue weighted by molar-refractivity contribution is 7.26. The molecule has 254 valence electrons. The highest BCUT2D eigenvalue weighted by atomic mass is 32.1. The molecule has 0 amide bonds. The Morgan fingerprint density at radius 2 is 0.815 bits per heavy atom. The molecule has 0 radical (unpaired) electrons. The third-order valence-corrected chi connectivity index (χ3v) is 11.7. The van der Waals surface area contributed by atoms with Gasteiger partial charge in [-0.15, -0.1) is 11.3 Å². The molecule has 0 fully saturated rings. The van der Waals surface area contributed by atoms with Gasteiger partial charge in [0, 0.05) is 26.8 Å². The van der Waals surface area contributed by atoms with Crippen LogP contribution in [-0.4, -0.2) is 0 Å². The van der Waals surface area contributed by atoms with E-state index in [1.54, 1.807) is 0 Å². The van der Waals surface area contributed by atoms with Gasteiger partial charge in [0.2, 0.25) is 0 Å². The fourth-order valence-electron chi connectivity index (χ4n) is 7.76. The van der Waals surface area contributed by atoms with Gasteiger partial charge in [0.1, 0.15) is 0 Å². The maximum absolute atomic E-state index is 2.41. The Morgan fingerprint density at radius 3 is 1.48 bits per heavy atom. The average molecular weight is 706 g/mol. The Labute approximate surface area is 319 Å². The lowest BCUT2D eigenvalue weighted by molar-refractivity contribution is 1.30. The van der Waals surface area contributed by atoms with Crippen molar-refractivity contribution in [3.8, 4) is 44.5 Å². The van der Waals surface area contributed by atoms with Gasteiger partial charge in [0.05, 0.1) is 10.4 Å². The van der Waals surface area contributed by atoms with Gasteiger partial charge >= 0.3 is 0 Å². The fourth-order valence-corrected chi connectivity index (χ4v) is 8.97. The molecule has 0 bridgehead atoms. The first-order valence-corrected chi connectivity index (χ1v) is 19.2. The summed E-state index contributed by atoms with van der Waals surface area (Å²) in [6, 6.07) is 77.0. The smallest absolute Gasteiger partial charge is 0.0640 e. The molecular weight excluding hydrogens is 671 g/mol. The molecule has 54 heavy (non-hydrogen) atoms. The topological polar surface area (TPSA) is 3.24 Å². The highest BCUT2D eigenvalue weighted by Crippen LogP contribution is 2.45. The largest absolute Gasteiger partial charge is 0.309 e. The lowest BCUT2D eigenvalue weighted by Crippen LogP contribution is -2.10. The molecule has 2 heteroatoms. The molecule has 0 unspecified atom stereocenters. The lowest BCUT2D eigenvalue weighted by Gasteiger charge is -2.26. The number of benzene rings is 9. The van der Waals surface area contributed by atoms with E-state index in [1.807, 2.05) is 11.3 Å². The lowest BCUT2D eigenvalue weighted by atomic mass is 9.95. The van der Waals surface area contributed by atoms with E-state index in [9.17, 15) is 0 Å². The summed E-state index contributed by atoms with van der Waals surface area (Å²) in [5.74, 6) is 0. The second-order valence-corrected chi connectivity index (χ2v) is 14.8. The Morgan fingerprint density at radius 1 is 0.315 bits per heavy atom. The van der Waals surface area contributed by atoms with Crippen LogP contribution in [-0.2, 0) is 0 Å². The van der Waals surface area contributed by atoms with Crippen LogP contribution >= 0.6 is 11.3 Å². The summed E-state index contributed by atoms with van der Waals surface area (Å²) in [7, 11) is 0. The van der Waals surface area contributed by atoms with Crippen molar-refractivity contribution in [2.24, 2.45) is 0 Å². The summed E-state index contributed by atoms with van der Waals surface area (Å²) in [5.41, 5.74) is 13.2. The number of anilines is 3. The molecule has 1 heterocycles. The molecule has 0 saturated heterocycles. The van der Waals surface area contributed by atoms with Gasteiger partial charge in [-0.25, -0.2) is 0 Å². The molecule has 1 aromatic heterocycles. The standard InChI is InChI=1S/C52H35NS/c1-3-11-36(12-4-1)37-21-23-38(24-22-37)39-25-30-44(31-26-39)53(50-19-10-18-49-48-16-7-8-20-51(48)54-52(49)50)45-32-27-40(28-33-45)42-29-34-47-43(35-42)15-9-17-46(47)41-13-5-2-6-14-41/h1-35H. The van der Waals surface area contributed by atoms with E-state index in [-0.39, 0.29) is 0 Å². The Bertz CT molecular complexity index is 2890. The minimum atomic E-state index is 1.12. The van der Waals surface area contributed by atoms with Crippen LogP contribution in [0.3, 0.4) is 0 Å². The molecule has 0 aliphatic rings. The van der Waals surface area contributed by atoms with Crippen LogP contribution in [0.1, 0.15) is 0 Å². The van der Waals surface area contributed by atoms with Crippen molar-refractivity contribution in [2.45, 2.75) is 0 Å². The molecule has 0 atom stereocenters. The molecule has 9 aromatic carbocycles. The maximum atomic E-state index is 2.41. The summed E-state index contributed by atoms with van der Waals surface area (Å²) in [5, 5.41) is 5.10. The molecule has 10 rings (SSSR count). The van der Waals surface area contributed by atoms with Gasteiger partial charge in [-0.2, -0.15) is 0 Å². The van der Waals surface area contributed by atoms with Crippen LogP contribution in [0, 0.1) is 0 Å². The maximum Gasteiger partial charge on any atom is 0.0640 e. The van der Waals surface area contributed by atoms with Crippen LogP contribution in [0.25, 0.3) is 75.5 Å². The van der Waals surface area contributed by atoms with Crippen molar-refractivity contribution in [2.75, 3.05) is 4.90 Å². The molecule has 0 saturated carbocycles. The summed E-state index contributed by atoms with van der Waals surface area (Å²) >= 11 is 1.86. The molecule has 10 aromatic rings. The zero-order chi connectivity index (χ0) is 35.8. The van der Waals surface area contributed by atoms with E-state index in [0.717, 1.165) is 11.4 Å². The Hall–Kier alpha value is -6.74. The molecule has 0 N–H and O–H groups in total. The first-order valence-electron chi connectivity index (χ1n) is 18.4. The van der Waals surface area contributed by atoms with Crippen LogP contribution in [0.2, 0.25) is 0 Å². The summed E-state index contributed by atoms with van der Waals surface area (Å²) in [6.45, 7) is 0. The third-order valence-electron chi connectivity index (χ3n) is 10.5. The number of hydrogen-bond donors (Lipinski definition) is 0. The summed E-state index contributed by atoms with van der Waals surface area (Å²) < 4.78 is 2.59. The number of hydrogen-bond acceptors (Lipinski definition) is 2. The number of thiophene rings is 1. The SMILES string of the molecule is c1ccc(-c2ccc(-c3ccc(N(c4ccc(-c5ccc6c(-c7ccccc7)cccc6c5)cc4)c4cccc5c4sc4ccccc45)cc3)cc2)cc1. The Kier molecular flexibility index (Phi) is 8.09. The van der Waals surface area contributed by atoms with E-state index in [1.165, 1.54) is 81.1 Å². The first-order chi connectivity index (χ1) is 26.8. The molecule has 0 aliphatic carbocycles. The van der Waals surface area contributed by atoms with Gasteiger partial charge < -0.3 is 4.90 Å². The van der Waals surface area contributed by atoms with E-state index in [0.29, 0.717) is 0 Å². The van der Waals surface area contributed by atoms with Crippen molar-refractivity contribution in [3.63, 3.8) is 0 Å². The third kappa shape index (κ3) is 5.84. The van der Waals surface area contributed by atoms with Crippen LogP contribution in [0.15, 0.2) is 212 Å². The monoisotopic (exact) mass is 705 g/mol. The normalized spacial score (nSPS) is 11.3. The molecular formula is C52H35NS. The molecule has 0 spiro atoms. The van der Waals surface area contributed by atoms with Gasteiger partial charge in [0.25, 0.3) is 0 Å². The zero-order valence-corrected chi connectivity index (χ0v) is 30.4. The predicted octanol–water partition coefficient (Wildman–Crippen LogP) is 15.3. The summed E-state index contributed by atoms with van der Waals surface area (Å²) in [6.07, 6.45) is 0. The van der Waals surface area contributed by atoms with Crippen molar-refractivity contribution in [3.05, 3.63) is 212 Å². The molecule has 0 aliphatic heterocycles. The van der Waals surface area contributed by atoms with Crippen LogP contribution in [0.5, 0.6) is 0 Å². The van der Waals surface area contributed by atoms with Gasteiger partial charge in [-0.05, 0) is 97.7 Å². The minimum absolute atomic E-state index is 1.12. The number of rotatable bonds is 7. The average Bonchev–Trinajstić information content (AvgIpc) is 3.64. The number of nitrogens with zero attached hydrogens (tertiary/aromatic N) is 1. The predicted molar refractivity (Wildman–Crippen MR) is 233 cm³/mol. The van der Waals surface area contributed by atoms with Crippen molar-refractivity contribution in [1.29, 1.82) is 0 Å². The second kappa shape index (κ2) is 13.7. The second-order valence-electron chi connectivity index (χ2n) is 13.7. The fraction of sp³-hybridized carbons (Fsp3) is 0. The Balaban J connectivity index is 1.03. The minimum Gasteiger partial charge on any atom is -0.309 e. The number of fused-ring (bicyclic) bond motifs is 4. The van der Waals surface area contributed by atoms with Crippen LogP contribution in [0.4, 0.5) is 17.1 Å². The highest BCUT2D eigenvalue weighted by Gasteiger charge is 2.18. The van der Waals surface area contributed by atoms with Crippen molar-refractivity contribution < 1.29 is 0 Å². The van der Waals surface area contributed by atoms with Gasteiger partial charge in [0.15, 0.2) is 0 Å². The quantitative estimate of drug-likeness (QED) is 0.160. The van der Waals surface area contributed by atoms with Gasteiger partial charge in [-0.3, -0.25) is 0 Å². The van der Waals surface area contributed by atoms with Crippen LogP contribution < -0.4 is 4.90 Å². The van der Waals surface area contributed by atoms with E-state index >= 15 is 0 Å².